The number of aromatic nitrogens is 4. The molecule has 0 amide bonds. The number of hydrogen-bond donors (Lipinski definition) is 2. The molecule has 146 valence electrons. The molecule has 6 nitrogen and oxygen atoms in total. The van der Waals surface area contributed by atoms with Crippen molar-refractivity contribution in [1.29, 1.82) is 0 Å². The summed E-state index contributed by atoms with van der Waals surface area (Å²) in [6.07, 6.45) is 3.63. The molecule has 0 aliphatic rings. The fourth-order valence-electron chi connectivity index (χ4n) is 3.33. The summed E-state index contributed by atoms with van der Waals surface area (Å²) in [5.41, 5.74) is 4.22. The molecule has 0 atom stereocenters. The minimum absolute atomic E-state index is 0.544. The molecule has 0 saturated carbocycles. The van der Waals surface area contributed by atoms with Gasteiger partial charge in [-0.05, 0) is 42.0 Å². The molecular weight excluding hydrogens is 372 g/mol. The third-order valence-corrected chi connectivity index (χ3v) is 4.77. The minimum Gasteiger partial charge on any atom is -0.340 e. The van der Waals surface area contributed by atoms with Crippen molar-refractivity contribution < 1.29 is 0 Å². The zero-order valence-electron chi connectivity index (χ0n) is 16.2. The standard InChI is InChI=1S/C24H20N6/c1-3-7-18(8-4-1)17-30-22-12-11-21(15-19(22)16-26-30)27-23-13-14-25-24(29-23)28-20-9-5-2-6-10-20/h1-16H,17H2,(H2,25,27,28,29). The first-order chi connectivity index (χ1) is 14.8. The Morgan fingerprint density at radius 1 is 0.767 bits per heavy atom. The second kappa shape index (κ2) is 8.05. The van der Waals surface area contributed by atoms with Crippen LogP contribution in [0.2, 0.25) is 0 Å². The Morgan fingerprint density at radius 3 is 2.40 bits per heavy atom. The van der Waals surface area contributed by atoms with Crippen LogP contribution in [0.4, 0.5) is 23.1 Å². The smallest absolute Gasteiger partial charge is 0.229 e. The predicted octanol–water partition coefficient (Wildman–Crippen LogP) is 5.36. The van der Waals surface area contributed by atoms with Crippen LogP contribution in [0.1, 0.15) is 5.56 Å². The zero-order chi connectivity index (χ0) is 20.2. The van der Waals surface area contributed by atoms with Gasteiger partial charge in [-0.15, -0.1) is 0 Å². The van der Waals surface area contributed by atoms with E-state index in [2.05, 4.69) is 50.0 Å². The van der Waals surface area contributed by atoms with Crippen molar-refractivity contribution in [2.24, 2.45) is 0 Å². The van der Waals surface area contributed by atoms with E-state index in [0.29, 0.717) is 5.95 Å². The molecule has 5 aromatic rings. The molecule has 0 aliphatic heterocycles. The molecule has 3 aromatic carbocycles. The Kier molecular flexibility index (Phi) is 4.79. The number of para-hydroxylation sites is 1. The zero-order valence-corrected chi connectivity index (χ0v) is 16.2. The van der Waals surface area contributed by atoms with Gasteiger partial charge in [-0.25, -0.2) is 4.98 Å². The molecule has 6 heteroatoms. The van der Waals surface area contributed by atoms with Gasteiger partial charge in [0.25, 0.3) is 0 Å². The summed E-state index contributed by atoms with van der Waals surface area (Å²) in [7, 11) is 0. The molecule has 2 N–H and O–H groups in total. The lowest BCUT2D eigenvalue weighted by Crippen LogP contribution is -2.01. The van der Waals surface area contributed by atoms with E-state index in [0.717, 1.165) is 34.6 Å². The minimum atomic E-state index is 0.544. The molecule has 30 heavy (non-hydrogen) atoms. The van der Waals surface area contributed by atoms with Gasteiger partial charge in [0.05, 0.1) is 18.3 Å². The van der Waals surface area contributed by atoms with Crippen LogP contribution in [-0.4, -0.2) is 19.7 Å². The number of hydrogen-bond acceptors (Lipinski definition) is 5. The SMILES string of the molecule is c1ccc(Cn2ncc3cc(Nc4ccnc(Nc5ccccc5)n4)ccc32)cc1. The first kappa shape index (κ1) is 17.9. The van der Waals surface area contributed by atoms with E-state index >= 15 is 0 Å². The summed E-state index contributed by atoms with van der Waals surface area (Å²) >= 11 is 0. The number of rotatable bonds is 6. The maximum absolute atomic E-state index is 4.55. The third-order valence-electron chi connectivity index (χ3n) is 4.77. The Balaban J connectivity index is 1.34. The molecule has 0 spiro atoms. The van der Waals surface area contributed by atoms with Crippen LogP contribution in [0, 0.1) is 0 Å². The van der Waals surface area contributed by atoms with Gasteiger partial charge >= 0.3 is 0 Å². The summed E-state index contributed by atoms with van der Waals surface area (Å²) in [6.45, 7) is 0.748. The molecule has 0 aliphatic carbocycles. The Morgan fingerprint density at radius 2 is 1.57 bits per heavy atom. The quantitative estimate of drug-likeness (QED) is 0.407. The number of benzene rings is 3. The van der Waals surface area contributed by atoms with E-state index < -0.39 is 0 Å². The summed E-state index contributed by atoms with van der Waals surface area (Å²) < 4.78 is 2.01. The fraction of sp³-hybridized carbons (Fsp3) is 0.0417. The van der Waals surface area contributed by atoms with Crippen LogP contribution >= 0.6 is 0 Å². The van der Waals surface area contributed by atoms with Gasteiger partial charge in [0, 0.05) is 23.0 Å². The summed E-state index contributed by atoms with van der Waals surface area (Å²) in [5.74, 6) is 1.27. The second-order valence-corrected chi connectivity index (χ2v) is 6.94. The second-order valence-electron chi connectivity index (χ2n) is 6.94. The van der Waals surface area contributed by atoms with Gasteiger partial charge in [-0.2, -0.15) is 10.1 Å². The van der Waals surface area contributed by atoms with Gasteiger partial charge < -0.3 is 10.6 Å². The first-order valence-corrected chi connectivity index (χ1v) is 9.75. The molecular formula is C24H20N6. The first-order valence-electron chi connectivity index (χ1n) is 9.75. The molecule has 2 heterocycles. The van der Waals surface area contributed by atoms with Gasteiger partial charge in [0.2, 0.25) is 5.95 Å². The molecule has 2 aromatic heterocycles. The highest BCUT2D eigenvalue weighted by atomic mass is 15.3. The van der Waals surface area contributed by atoms with E-state index in [1.807, 2.05) is 71.5 Å². The van der Waals surface area contributed by atoms with Gasteiger partial charge in [-0.3, -0.25) is 4.68 Å². The third kappa shape index (κ3) is 3.98. The normalized spacial score (nSPS) is 10.8. The van der Waals surface area contributed by atoms with Gasteiger partial charge in [-0.1, -0.05) is 48.5 Å². The number of fused-ring (bicyclic) bond motifs is 1. The molecule has 0 bridgehead atoms. The van der Waals surface area contributed by atoms with Crippen LogP contribution in [0.15, 0.2) is 97.3 Å². The summed E-state index contributed by atoms with van der Waals surface area (Å²) in [6, 6.07) is 28.3. The van der Waals surface area contributed by atoms with E-state index in [-0.39, 0.29) is 0 Å². The highest BCUT2D eigenvalue weighted by molar-refractivity contribution is 5.83. The predicted molar refractivity (Wildman–Crippen MR) is 120 cm³/mol. The molecule has 0 radical (unpaired) electrons. The maximum atomic E-state index is 4.55. The monoisotopic (exact) mass is 392 g/mol. The van der Waals surface area contributed by atoms with E-state index in [9.17, 15) is 0 Å². The van der Waals surface area contributed by atoms with Crippen molar-refractivity contribution in [3.8, 4) is 0 Å². The van der Waals surface area contributed by atoms with Crippen LogP contribution in [0.3, 0.4) is 0 Å². The Bertz CT molecular complexity index is 1260. The lowest BCUT2D eigenvalue weighted by Gasteiger charge is -2.09. The highest BCUT2D eigenvalue weighted by Gasteiger charge is 2.06. The lowest BCUT2D eigenvalue weighted by atomic mass is 10.2. The average molecular weight is 392 g/mol. The maximum Gasteiger partial charge on any atom is 0.229 e. The van der Waals surface area contributed by atoms with Crippen LogP contribution in [-0.2, 0) is 6.54 Å². The number of nitrogens with one attached hydrogen (secondary N) is 2. The van der Waals surface area contributed by atoms with Crippen molar-refractivity contribution in [3.05, 3.63) is 103 Å². The van der Waals surface area contributed by atoms with Crippen molar-refractivity contribution in [2.45, 2.75) is 6.54 Å². The van der Waals surface area contributed by atoms with E-state index in [4.69, 9.17) is 0 Å². The van der Waals surface area contributed by atoms with Gasteiger partial charge in [0.1, 0.15) is 5.82 Å². The average Bonchev–Trinajstić information content (AvgIpc) is 3.17. The lowest BCUT2D eigenvalue weighted by molar-refractivity contribution is 0.712. The number of nitrogens with zero attached hydrogens (tertiary/aromatic N) is 4. The van der Waals surface area contributed by atoms with Crippen molar-refractivity contribution in [3.63, 3.8) is 0 Å². The summed E-state index contributed by atoms with van der Waals surface area (Å²) in [4.78, 5) is 8.84. The van der Waals surface area contributed by atoms with Crippen LogP contribution in [0.25, 0.3) is 10.9 Å². The van der Waals surface area contributed by atoms with Crippen LogP contribution in [0.5, 0.6) is 0 Å². The van der Waals surface area contributed by atoms with Gasteiger partial charge in [0.15, 0.2) is 0 Å². The fourth-order valence-corrected chi connectivity index (χ4v) is 3.33. The molecule has 5 rings (SSSR count). The van der Waals surface area contributed by atoms with Crippen molar-refractivity contribution >= 4 is 34.0 Å². The van der Waals surface area contributed by atoms with Crippen molar-refractivity contribution in [1.82, 2.24) is 19.7 Å². The Labute approximate surface area is 174 Å². The number of anilines is 4. The van der Waals surface area contributed by atoms with E-state index in [1.54, 1.807) is 6.20 Å². The van der Waals surface area contributed by atoms with E-state index in [1.165, 1.54) is 5.56 Å². The summed E-state index contributed by atoms with van der Waals surface area (Å²) in [5, 5.41) is 12.2. The highest BCUT2D eigenvalue weighted by Crippen LogP contribution is 2.23. The molecule has 0 unspecified atom stereocenters. The molecule has 0 saturated heterocycles. The van der Waals surface area contributed by atoms with Crippen LogP contribution < -0.4 is 10.6 Å². The molecule has 0 fully saturated rings. The topological polar surface area (TPSA) is 67.7 Å². The Hall–Kier alpha value is -4.19. The largest absolute Gasteiger partial charge is 0.340 e. The van der Waals surface area contributed by atoms with Crippen molar-refractivity contribution in [2.75, 3.05) is 10.6 Å².